The van der Waals surface area contributed by atoms with E-state index in [1.807, 2.05) is 11.6 Å². The molecule has 0 aliphatic rings. The lowest BCUT2D eigenvalue weighted by Gasteiger charge is -2.09. The van der Waals surface area contributed by atoms with Gasteiger partial charge in [0.2, 0.25) is 0 Å². The molecule has 0 saturated heterocycles. The molecule has 0 saturated carbocycles. The molecule has 1 aromatic carbocycles. The Morgan fingerprint density at radius 1 is 1.05 bits per heavy atom. The van der Waals surface area contributed by atoms with Crippen LogP contribution in [0.3, 0.4) is 0 Å². The van der Waals surface area contributed by atoms with Crippen LogP contribution in [0.25, 0.3) is 11.3 Å². The molecule has 102 valence electrons. The minimum atomic E-state index is 0.241. The number of rotatable bonds is 2. The first-order valence-electron chi connectivity index (χ1n) is 6.69. The number of aryl methyl sites for hydroxylation is 3. The summed E-state index contributed by atoms with van der Waals surface area (Å²) in [5.74, 6) is 0.295. The number of aromatic nitrogens is 2. The Hall–Kier alpha value is -1.77. The zero-order valence-electron chi connectivity index (χ0n) is 12.6. The molecule has 0 radical (unpaired) electrons. The average molecular weight is 258 g/mol. The smallest absolute Gasteiger partial charge is 0.164 e. The highest BCUT2D eigenvalue weighted by atomic mass is 16.3. The molecule has 0 bridgehead atoms. The van der Waals surface area contributed by atoms with Crippen LogP contribution in [0.1, 0.15) is 42.3 Å². The van der Waals surface area contributed by atoms with Crippen molar-refractivity contribution in [2.24, 2.45) is 0 Å². The predicted molar refractivity (Wildman–Crippen MR) is 78.7 cm³/mol. The molecule has 0 spiro atoms. The van der Waals surface area contributed by atoms with Crippen LogP contribution in [0.4, 0.5) is 0 Å². The van der Waals surface area contributed by atoms with Crippen LogP contribution < -0.4 is 0 Å². The Bertz CT molecular complexity index is 601. The van der Waals surface area contributed by atoms with Crippen molar-refractivity contribution >= 4 is 0 Å². The molecule has 0 amide bonds. The average Bonchev–Trinajstić information content (AvgIpc) is 2.56. The largest absolute Gasteiger partial charge is 0.504 e. The van der Waals surface area contributed by atoms with Gasteiger partial charge in [0.1, 0.15) is 5.69 Å². The van der Waals surface area contributed by atoms with Gasteiger partial charge in [0.05, 0.1) is 5.69 Å². The maximum absolute atomic E-state index is 10.4. The van der Waals surface area contributed by atoms with E-state index in [0.29, 0.717) is 11.4 Å². The normalized spacial score (nSPS) is 11.3. The highest BCUT2D eigenvalue weighted by Crippen LogP contribution is 2.36. The fourth-order valence-electron chi connectivity index (χ4n) is 2.73. The Morgan fingerprint density at radius 2 is 1.58 bits per heavy atom. The lowest BCUT2D eigenvalue weighted by atomic mass is 9.97. The predicted octanol–water partition coefficient (Wildman–Crippen LogP) is 4.07. The SMILES string of the molecule is Cc1cc(C)c(-c2nn(C(C)C)c(C)c2O)c(C)c1. The molecule has 1 heterocycles. The minimum Gasteiger partial charge on any atom is -0.504 e. The lowest BCUT2D eigenvalue weighted by Crippen LogP contribution is -2.04. The second-order valence-electron chi connectivity index (χ2n) is 5.59. The van der Waals surface area contributed by atoms with Gasteiger partial charge >= 0.3 is 0 Å². The van der Waals surface area contributed by atoms with Crippen molar-refractivity contribution in [3.63, 3.8) is 0 Å². The van der Waals surface area contributed by atoms with E-state index in [0.717, 1.165) is 22.4 Å². The first kappa shape index (κ1) is 13.7. The summed E-state index contributed by atoms with van der Waals surface area (Å²) in [6, 6.07) is 4.50. The van der Waals surface area contributed by atoms with E-state index >= 15 is 0 Å². The van der Waals surface area contributed by atoms with Crippen molar-refractivity contribution in [1.29, 1.82) is 0 Å². The molecule has 2 aromatic rings. The number of benzene rings is 1. The van der Waals surface area contributed by atoms with Crippen molar-refractivity contribution in [1.82, 2.24) is 9.78 Å². The molecule has 3 nitrogen and oxygen atoms in total. The quantitative estimate of drug-likeness (QED) is 0.881. The van der Waals surface area contributed by atoms with Gasteiger partial charge in [-0.2, -0.15) is 5.10 Å². The maximum atomic E-state index is 10.4. The zero-order valence-corrected chi connectivity index (χ0v) is 12.6. The summed E-state index contributed by atoms with van der Waals surface area (Å²) in [5, 5.41) is 15.0. The van der Waals surface area contributed by atoms with Gasteiger partial charge in [-0.25, -0.2) is 0 Å². The lowest BCUT2D eigenvalue weighted by molar-refractivity contribution is 0.461. The van der Waals surface area contributed by atoms with E-state index in [2.05, 4.69) is 51.9 Å². The van der Waals surface area contributed by atoms with Gasteiger partial charge in [0.25, 0.3) is 0 Å². The first-order valence-corrected chi connectivity index (χ1v) is 6.69. The van der Waals surface area contributed by atoms with Crippen LogP contribution in [0, 0.1) is 27.7 Å². The summed E-state index contributed by atoms with van der Waals surface area (Å²) in [4.78, 5) is 0. The van der Waals surface area contributed by atoms with Crippen molar-refractivity contribution in [3.05, 3.63) is 34.5 Å². The number of hydrogen-bond donors (Lipinski definition) is 1. The van der Waals surface area contributed by atoms with Crippen LogP contribution in [0.2, 0.25) is 0 Å². The fraction of sp³-hybridized carbons (Fsp3) is 0.438. The van der Waals surface area contributed by atoms with Gasteiger partial charge in [-0.15, -0.1) is 0 Å². The zero-order chi connectivity index (χ0) is 14.3. The number of aromatic hydroxyl groups is 1. The van der Waals surface area contributed by atoms with Crippen LogP contribution in [0.15, 0.2) is 12.1 Å². The highest BCUT2D eigenvalue weighted by Gasteiger charge is 2.19. The van der Waals surface area contributed by atoms with Crippen LogP contribution in [0.5, 0.6) is 5.75 Å². The van der Waals surface area contributed by atoms with E-state index in [1.54, 1.807) is 0 Å². The third-order valence-electron chi connectivity index (χ3n) is 3.52. The summed E-state index contributed by atoms with van der Waals surface area (Å²) in [5.41, 5.74) is 6.11. The number of nitrogens with zero attached hydrogens (tertiary/aromatic N) is 2. The van der Waals surface area contributed by atoms with E-state index < -0.39 is 0 Å². The van der Waals surface area contributed by atoms with E-state index in [-0.39, 0.29) is 6.04 Å². The van der Waals surface area contributed by atoms with Crippen molar-refractivity contribution in [2.45, 2.75) is 47.6 Å². The van der Waals surface area contributed by atoms with E-state index in [1.165, 1.54) is 5.56 Å². The van der Waals surface area contributed by atoms with Gasteiger partial charge in [0.15, 0.2) is 5.75 Å². The Kier molecular flexibility index (Phi) is 3.40. The molecule has 0 aliphatic carbocycles. The molecule has 0 atom stereocenters. The van der Waals surface area contributed by atoms with Crippen LogP contribution in [-0.4, -0.2) is 14.9 Å². The summed E-state index contributed by atoms with van der Waals surface area (Å²) in [7, 11) is 0. The second-order valence-corrected chi connectivity index (χ2v) is 5.59. The summed E-state index contributed by atoms with van der Waals surface area (Å²) < 4.78 is 1.88. The van der Waals surface area contributed by atoms with Crippen molar-refractivity contribution in [2.75, 3.05) is 0 Å². The summed E-state index contributed by atoms with van der Waals surface area (Å²) >= 11 is 0. The van der Waals surface area contributed by atoms with Gasteiger partial charge < -0.3 is 5.11 Å². The molecule has 1 N–H and O–H groups in total. The van der Waals surface area contributed by atoms with Gasteiger partial charge in [-0.1, -0.05) is 17.7 Å². The first-order chi connectivity index (χ1) is 8.82. The molecule has 3 heteroatoms. The Labute approximate surface area is 114 Å². The highest BCUT2D eigenvalue weighted by molar-refractivity contribution is 5.73. The molecule has 2 rings (SSSR count). The molecule has 0 fully saturated rings. The molecule has 0 unspecified atom stereocenters. The van der Waals surface area contributed by atoms with Crippen molar-refractivity contribution in [3.8, 4) is 17.0 Å². The molecule has 1 aromatic heterocycles. The van der Waals surface area contributed by atoms with Crippen LogP contribution >= 0.6 is 0 Å². The van der Waals surface area contributed by atoms with E-state index in [4.69, 9.17) is 0 Å². The molecular weight excluding hydrogens is 236 g/mol. The molecule has 0 aliphatic heterocycles. The third-order valence-corrected chi connectivity index (χ3v) is 3.52. The topological polar surface area (TPSA) is 38.0 Å². The minimum absolute atomic E-state index is 0.241. The summed E-state index contributed by atoms with van der Waals surface area (Å²) in [6.45, 7) is 12.3. The molecular formula is C16H22N2O. The fourth-order valence-corrected chi connectivity index (χ4v) is 2.73. The van der Waals surface area contributed by atoms with Gasteiger partial charge in [-0.3, -0.25) is 4.68 Å². The monoisotopic (exact) mass is 258 g/mol. The van der Waals surface area contributed by atoms with Crippen LogP contribution in [-0.2, 0) is 0 Å². The maximum Gasteiger partial charge on any atom is 0.164 e. The third kappa shape index (κ3) is 2.25. The Balaban J connectivity index is 2.70. The van der Waals surface area contributed by atoms with Gasteiger partial charge in [-0.05, 0) is 52.7 Å². The Morgan fingerprint density at radius 3 is 2.00 bits per heavy atom. The van der Waals surface area contributed by atoms with E-state index in [9.17, 15) is 5.11 Å². The van der Waals surface area contributed by atoms with Gasteiger partial charge in [0, 0.05) is 11.6 Å². The standard InChI is InChI=1S/C16H22N2O/c1-9(2)18-13(6)16(19)15(17-18)14-11(4)7-10(3)8-12(14)5/h7-9,19H,1-6H3. The second kappa shape index (κ2) is 4.72. The summed E-state index contributed by atoms with van der Waals surface area (Å²) in [6.07, 6.45) is 0. The molecule has 19 heavy (non-hydrogen) atoms. The van der Waals surface area contributed by atoms with Crippen molar-refractivity contribution < 1.29 is 5.11 Å². The number of hydrogen-bond acceptors (Lipinski definition) is 2.